The molecule has 2 rings (SSSR count). The van der Waals surface area contributed by atoms with E-state index in [1.807, 2.05) is 0 Å². The summed E-state index contributed by atoms with van der Waals surface area (Å²) in [6, 6.07) is 6.69. The van der Waals surface area contributed by atoms with Gasteiger partial charge in [0.15, 0.2) is 0 Å². The van der Waals surface area contributed by atoms with Crippen molar-refractivity contribution in [3.8, 4) is 0 Å². The second kappa shape index (κ2) is 7.06. The topological polar surface area (TPSA) is 83.5 Å². The van der Waals surface area contributed by atoms with Crippen LogP contribution < -0.4 is 4.72 Å². The number of hydrogen-bond acceptors (Lipinski definition) is 3. The molecule has 21 heavy (non-hydrogen) atoms. The predicted molar refractivity (Wildman–Crippen MR) is 87.4 cm³/mol. The Morgan fingerprint density at radius 1 is 1.19 bits per heavy atom. The Labute approximate surface area is 138 Å². The van der Waals surface area contributed by atoms with Gasteiger partial charge in [-0.3, -0.25) is 4.79 Å². The molecule has 0 heterocycles. The monoisotopic (exact) mass is 423 g/mol. The van der Waals surface area contributed by atoms with Crippen LogP contribution in [0.2, 0.25) is 0 Å². The van der Waals surface area contributed by atoms with Crippen LogP contribution in [0.5, 0.6) is 0 Å². The fourth-order valence-electron chi connectivity index (χ4n) is 2.54. The molecule has 0 spiro atoms. The number of nitrogens with one attached hydrogen (secondary N) is 1. The van der Waals surface area contributed by atoms with Crippen molar-refractivity contribution in [1.29, 1.82) is 0 Å². The summed E-state index contributed by atoms with van der Waals surface area (Å²) in [5, 5.41) is 8.94. The van der Waals surface area contributed by atoms with Crippen LogP contribution in [-0.2, 0) is 14.8 Å². The van der Waals surface area contributed by atoms with E-state index >= 15 is 0 Å². The van der Waals surface area contributed by atoms with Gasteiger partial charge in [0, 0.05) is 10.1 Å². The van der Waals surface area contributed by atoms with Crippen molar-refractivity contribution in [1.82, 2.24) is 4.72 Å². The van der Waals surface area contributed by atoms with Gasteiger partial charge in [0.1, 0.15) is 0 Å². The van der Waals surface area contributed by atoms with E-state index < -0.39 is 16.0 Å². The number of hydrogen-bond donors (Lipinski definition) is 2. The summed E-state index contributed by atoms with van der Waals surface area (Å²) in [6.07, 6.45) is 2.77. The zero-order valence-corrected chi connectivity index (χ0v) is 14.4. The molecular weight excluding hydrogens is 405 g/mol. The first-order valence-corrected chi connectivity index (χ1v) is 9.43. The van der Waals surface area contributed by atoms with E-state index in [0.717, 1.165) is 16.4 Å². The van der Waals surface area contributed by atoms with E-state index in [1.54, 1.807) is 24.3 Å². The number of aliphatic carboxylic acids is 1. The Hall–Kier alpha value is -0.670. The number of carboxylic acid groups (broad SMARTS) is 1. The Kier molecular flexibility index (Phi) is 5.61. The standard InChI is InChI=1S/C14H18INO4S/c15-12-5-7-13(8-6-12)21(19,20)16-9-10-1-3-11(4-2-10)14(17)18/h5-8,10-11,16H,1-4,9H2,(H,17,18). The van der Waals surface area contributed by atoms with Gasteiger partial charge in [-0.2, -0.15) is 0 Å². The van der Waals surface area contributed by atoms with E-state index in [0.29, 0.717) is 19.4 Å². The lowest BCUT2D eigenvalue weighted by Crippen LogP contribution is -2.32. The van der Waals surface area contributed by atoms with Crippen LogP contribution in [0.1, 0.15) is 25.7 Å². The highest BCUT2D eigenvalue weighted by Crippen LogP contribution is 2.28. The number of benzene rings is 1. The fraction of sp³-hybridized carbons (Fsp3) is 0.500. The predicted octanol–water partition coefficient (Wildman–Crippen LogP) is 2.46. The third kappa shape index (κ3) is 4.65. The molecule has 1 saturated carbocycles. The van der Waals surface area contributed by atoms with Crippen molar-refractivity contribution in [2.45, 2.75) is 30.6 Å². The number of carboxylic acids is 1. The van der Waals surface area contributed by atoms with Crippen molar-refractivity contribution in [2.75, 3.05) is 6.54 Å². The molecular formula is C14H18INO4S. The van der Waals surface area contributed by atoms with Crippen LogP contribution >= 0.6 is 22.6 Å². The van der Waals surface area contributed by atoms with Gasteiger partial charge < -0.3 is 5.11 Å². The maximum absolute atomic E-state index is 12.2. The third-order valence-corrected chi connectivity index (χ3v) is 6.04. The number of rotatable bonds is 5. The average Bonchev–Trinajstić information content (AvgIpc) is 2.46. The summed E-state index contributed by atoms with van der Waals surface area (Å²) in [7, 11) is -3.48. The lowest BCUT2D eigenvalue weighted by Gasteiger charge is -2.26. The lowest BCUT2D eigenvalue weighted by atomic mass is 9.82. The molecule has 0 aliphatic heterocycles. The highest BCUT2D eigenvalue weighted by Gasteiger charge is 2.26. The molecule has 0 unspecified atom stereocenters. The van der Waals surface area contributed by atoms with Crippen molar-refractivity contribution in [3.05, 3.63) is 27.8 Å². The van der Waals surface area contributed by atoms with Crippen LogP contribution in [0, 0.1) is 15.4 Å². The van der Waals surface area contributed by atoms with E-state index in [-0.39, 0.29) is 16.7 Å². The lowest BCUT2D eigenvalue weighted by molar-refractivity contribution is -0.143. The molecule has 1 fully saturated rings. The molecule has 116 valence electrons. The van der Waals surface area contributed by atoms with Crippen LogP contribution in [0.4, 0.5) is 0 Å². The minimum atomic E-state index is -3.48. The van der Waals surface area contributed by atoms with Crippen LogP contribution in [0.25, 0.3) is 0 Å². The second-order valence-electron chi connectivity index (χ2n) is 5.36. The third-order valence-electron chi connectivity index (χ3n) is 3.88. The van der Waals surface area contributed by atoms with Crippen LogP contribution in [-0.4, -0.2) is 26.0 Å². The molecule has 0 bridgehead atoms. The summed E-state index contributed by atoms with van der Waals surface area (Å²) in [5.41, 5.74) is 0. The summed E-state index contributed by atoms with van der Waals surface area (Å²) in [5.74, 6) is -0.791. The highest BCUT2D eigenvalue weighted by atomic mass is 127. The molecule has 7 heteroatoms. The number of carbonyl (C=O) groups is 1. The molecule has 0 amide bonds. The van der Waals surface area contributed by atoms with Crippen molar-refractivity contribution in [2.24, 2.45) is 11.8 Å². The first kappa shape index (κ1) is 16.7. The van der Waals surface area contributed by atoms with E-state index in [1.165, 1.54) is 0 Å². The first-order chi connectivity index (χ1) is 9.88. The summed E-state index contributed by atoms with van der Waals surface area (Å²) < 4.78 is 27.9. The first-order valence-electron chi connectivity index (χ1n) is 6.86. The Morgan fingerprint density at radius 3 is 2.29 bits per heavy atom. The zero-order chi connectivity index (χ0) is 15.5. The van der Waals surface area contributed by atoms with Gasteiger partial charge in [-0.25, -0.2) is 13.1 Å². The van der Waals surface area contributed by atoms with Gasteiger partial charge in [-0.1, -0.05) is 0 Å². The molecule has 0 atom stereocenters. The van der Waals surface area contributed by atoms with Crippen LogP contribution in [0.3, 0.4) is 0 Å². The fourth-order valence-corrected chi connectivity index (χ4v) is 4.01. The van der Waals surface area contributed by atoms with Gasteiger partial charge in [0.2, 0.25) is 10.0 Å². The Balaban J connectivity index is 1.88. The zero-order valence-electron chi connectivity index (χ0n) is 11.5. The molecule has 0 radical (unpaired) electrons. The molecule has 2 N–H and O–H groups in total. The second-order valence-corrected chi connectivity index (χ2v) is 8.37. The van der Waals surface area contributed by atoms with Gasteiger partial charge in [0.25, 0.3) is 0 Å². The van der Waals surface area contributed by atoms with Crippen molar-refractivity contribution >= 4 is 38.6 Å². The molecule has 0 saturated heterocycles. The van der Waals surface area contributed by atoms with Crippen LogP contribution in [0.15, 0.2) is 29.2 Å². The molecule has 1 aromatic rings. The minimum Gasteiger partial charge on any atom is -0.481 e. The molecule has 1 aliphatic carbocycles. The number of halogens is 1. The van der Waals surface area contributed by atoms with Gasteiger partial charge in [-0.05, 0) is 78.5 Å². The summed E-state index contributed by atoms with van der Waals surface area (Å²) in [4.78, 5) is 11.1. The summed E-state index contributed by atoms with van der Waals surface area (Å²) >= 11 is 2.13. The highest BCUT2D eigenvalue weighted by molar-refractivity contribution is 14.1. The maximum atomic E-state index is 12.2. The minimum absolute atomic E-state index is 0.222. The average molecular weight is 423 g/mol. The van der Waals surface area contributed by atoms with Crippen molar-refractivity contribution < 1.29 is 18.3 Å². The Bertz CT molecular complexity index is 592. The smallest absolute Gasteiger partial charge is 0.306 e. The SMILES string of the molecule is O=C(O)C1CCC(CNS(=O)(=O)c2ccc(I)cc2)CC1. The van der Waals surface area contributed by atoms with Crippen molar-refractivity contribution in [3.63, 3.8) is 0 Å². The molecule has 1 aromatic carbocycles. The molecule has 1 aliphatic rings. The number of sulfonamides is 1. The quantitative estimate of drug-likeness (QED) is 0.713. The van der Waals surface area contributed by atoms with Gasteiger partial charge >= 0.3 is 5.97 Å². The maximum Gasteiger partial charge on any atom is 0.306 e. The Morgan fingerprint density at radius 2 is 1.76 bits per heavy atom. The largest absolute Gasteiger partial charge is 0.481 e. The van der Waals surface area contributed by atoms with E-state index in [9.17, 15) is 13.2 Å². The van der Waals surface area contributed by atoms with Gasteiger partial charge in [0.05, 0.1) is 10.8 Å². The summed E-state index contributed by atoms with van der Waals surface area (Å²) in [6.45, 7) is 0.376. The van der Waals surface area contributed by atoms with E-state index in [4.69, 9.17) is 5.11 Å². The molecule has 5 nitrogen and oxygen atoms in total. The molecule has 0 aromatic heterocycles. The van der Waals surface area contributed by atoms with E-state index in [2.05, 4.69) is 27.3 Å². The normalized spacial score (nSPS) is 22.9. The van der Waals surface area contributed by atoms with Gasteiger partial charge in [-0.15, -0.1) is 0 Å².